The minimum atomic E-state index is -4.57. The van der Waals surface area contributed by atoms with Crippen LogP contribution in [0.2, 0.25) is 0 Å². The molecule has 0 aliphatic carbocycles. The van der Waals surface area contributed by atoms with E-state index in [1.165, 1.54) is 18.2 Å². The Labute approximate surface area is 178 Å². The molecule has 0 unspecified atom stereocenters. The topological polar surface area (TPSA) is 47.5 Å². The molecule has 0 saturated carbocycles. The van der Waals surface area contributed by atoms with Crippen LogP contribution in [0.25, 0.3) is 11.1 Å². The number of hydrogen-bond acceptors (Lipinski definition) is 5. The third-order valence-corrected chi connectivity index (χ3v) is 4.77. The van der Waals surface area contributed by atoms with E-state index in [9.17, 15) is 26.3 Å². The minimum Gasteiger partial charge on any atom is -0.483 e. The van der Waals surface area contributed by atoms with E-state index in [-0.39, 0.29) is 11.6 Å². The summed E-state index contributed by atoms with van der Waals surface area (Å²) in [4.78, 5) is 1.81. The Kier molecular flexibility index (Phi) is 5.81. The van der Waals surface area contributed by atoms with E-state index in [2.05, 4.69) is 14.9 Å². The first kappa shape index (κ1) is 21.7. The van der Waals surface area contributed by atoms with Gasteiger partial charge in [0.15, 0.2) is 12.4 Å². The number of benzene rings is 2. The predicted octanol–water partition coefficient (Wildman–Crippen LogP) is 5.35. The molecule has 168 valence electrons. The van der Waals surface area contributed by atoms with Gasteiger partial charge in [0.1, 0.15) is 11.6 Å². The lowest BCUT2D eigenvalue weighted by Gasteiger charge is -2.17. The summed E-state index contributed by atoms with van der Waals surface area (Å²) in [6.45, 7) is -3.83. The summed E-state index contributed by atoms with van der Waals surface area (Å²) in [7, 11) is 0. The lowest BCUT2D eigenvalue weighted by Crippen LogP contribution is -2.19. The largest absolute Gasteiger partial charge is 0.483 e. The Morgan fingerprint density at radius 3 is 2.47 bits per heavy atom. The molecule has 1 aliphatic heterocycles. The molecule has 0 amide bonds. The highest BCUT2D eigenvalue weighted by Crippen LogP contribution is 2.39. The van der Waals surface area contributed by atoms with Crippen LogP contribution in [0.15, 0.2) is 48.5 Å². The van der Waals surface area contributed by atoms with Crippen molar-refractivity contribution in [2.24, 2.45) is 0 Å². The second-order valence-corrected chi connectivity index (χ2v) is 6.95. The third-order valence-electron chi connectivity index (χ3n) is 4.77. The number of halogens is 6. The van der Waals surface area contributed by atoms with Crippen molar-refractivity contribution in [3.05, 3.63) is 65.5 Å². The highest BCUT2D eigenvalue weighted by atomic mass is 19.4. The highest BCUT2D eigenvalue weighted by Gasteiger charge is 2.30. The van der Waals surface area contributed by atoms with E-state index < -0.39 is 25.2 Å². The van der Waals surface area contributed by atoms with Gasteiger partial charge in [-0.3, -0.25) is 0 Å². The van der Waals surface area contributed by atoms with E-state index in [4.69, 9.17) is 4.74 Å². The lowest BCUT2D eigenvalue weighted by molar-refractivity contribution is -0.153. The fraction of sp³-hybridized carbons (Fsp3) is 0.238. The predicted molar refractivity (Wildman–Crippen MR) is 102 cm³/mol. The average Bonchev–Trinajstić information content (AvgIpc) is 3.16. The maximum atomic E-state index is 13.7. The van der Waals surface area contributed by atoms with E-state index >= 15 is 0 Å². The van der Waals surface area contributed by atoms with Crippen LogP contribution in [0.1, 0.15) is 11.1 Å². The monoisotopic (exact) mass is 455 g/mol. The summed E-state index contributed by atoms with van der Waals surface area (Å²) in [5, 5.41) is 7.52. The second kappa shape index (κ2) is 8.56. The molecule has 0 spiro atoms. The molecule has 0 N–H and O–H groups in total. The number of alkyl halides is 5. The zero-order chi connectivity index (χ0) is 22.9. The normalized spacial score (nSPS) is 13.4. The summed E-state index contributed by atoms with van der Waals surface area (Å²) in [6, 6.07) is 11.5. The molecule has 11 heteroatoms. The van der Waals surface area contributed by atoms with Gasteiger partial charge in [0, 0.05) is 30.8 Å². The van der Waals surface area contributed by atoms with Crippen molar-refractivity contribution in [2.75, 3.05) is 11.5 Å². The SMILES string of the molecule is Fc1ccc(-c2cccc3c2CN(c2ccc(OC(F)F)nn2)C3)c(OCC(F)(F)F)c1. The minimum absolute atomic E-state index is 0.220. The number of nitrogens with zero attached hydrogens (tertiary/aromatic N) is 3. The average molecular weight is 455 g/mol. The quantitative estimate of drug-likeness (QED) is 0.470. The number of hydrogen-bond donors (Lipinski definition) is 0. The van der Waals surface area contributed by atoms with Gasteiger partial charge in [-0.2, -0.15) is 22.0 Å². The van der Waals surface area contributed by atoms with Crippen LogP contribution >= 0.6 is 0 Å². The lowest BCUT2D eigenvalue weighted by atomic mass is 9.96. The molecule has 32 heavy (non-hydrogen) atoms. The second-order valence-electron chi connectivity index (χ2n) is 6.95. The molecule has 2 heterocycles. The third kappa shape index (κ3) is 4.87. The van der Waals surface area contributed by atoms with Gasteiger partial charge in [0.05, 0.1) is 0 Å². The molecule has 0 saturated heterocycles. The van der Waals surface area contributed by atoms with E-state index in [1.807, 2.05) is 11.0 Å². The maximum absolute atomic E-state index is 13.7. The van der Waals surface area contributed by atoms with Gasteiger partial charge in [0.25, 0.3) is 0 Å². The molecule has 0 fully saturated rings. The van der Waals surface area contributed by atoms with Crippen LogP contribution in [-0.2, 0) is 13.1 Å². The van der Waals surface area contributed by atoms with Gasteiger partial charge in [0.2, 0.25) is 5.88 Å². The first-order valence-corrected chi connectivity index (χ1v) is 9.33. The molecule has 0 atom stereocenters. The smallest absolute Gasteiger partial charge is 0.422 e. The Morgan fingerprint density at radius 2 is 1.78 bits per heavy atom. The van der Waals surface area contributed by atoms with E-state index in [0.717, 1.165) is 23.3 Å². The number of aromatic nitrogens is 2. The van der Waals surface area contributed by atoms with Crippen LogP contribution in [-0.4, -0.2) is 29.6 Å². The number of anilines is 1. The molecule has 1 aromatic heterocycles. The summed E-state index contributed by atoms with van der Waals surface area (Å²) in [6.07, 6.45) is -4.57. The summed E-state index contributed by atoms with van der Waals surface area (Å²) in [5.41, 5.74) is 2.59. The van der Waals surface area contributed by atoms with Crippen molar-refractivity contribution in [1.29, 1.82) is 0 Å². The summed E-state index contributed by atoms with van der Waals surface area (Å²) >= 11 is 0. The molecular weight excluding hydrogens is 440 g/mol. The van der Waals surface area contributed by atoms with Crippen LogP contribution in [0, 0.1) is 5.82 Å². The summed E-state index contributed by atoms with van der Waals surface area (Å²) < 4.78 is 85.3. The molecular formula is C21H15F6N3O2. The Bertz CT molecular complexity index is 1110. The van der Waals surface area contributed by atoms with Gasteiger partial charge in [-0.25, -0.2) is 4.39 Å². The van der Waals surface area contributed by atoms with Crippen LogP contribution < -0.4 is 14.4 Å². The molecule has 1 aliphatic rings. The van der Waals surface area contributed by atoms with Crippen molar-refractivity contribution < 1.29 is 35.8 Å². The number of fused-ring (bicyclic) bond motifs is 1. The van der Waals surface area contributed by atoms with Crippen molar-refractivity contribution in [2.45, 2.75) is 25.9 Å². The first-order chi connectivity index (χ1) is 15.2. The standard InChI is InChI=1S/C21H15F6N3O2/c22-13-4-5-15(17(8-13)31-11-21(25,26)27)14-3-1-2-12-9-30(10-16(12)14)18-6-7-19(29-28-18)32-20(23)24/h1-8,20H,9-11H2. The van der Waals surface area contributed by atoms with Crippen LogP contribution in [0.3, 0.4) is 0 Å². The van der Waals surface area contributed by atoms with Crippen LogP contribution in [0.4, 0.5) is 32.2 Å². The zero-order valence-corrected chi connectivity index (χ0v) is 16.2. The Morgan fingerprint density at radius 1 is 0.969 bits per heavy atom. The molecule has 3 aromatic rings. The van der Waals surface area contributed by atoms with Crippen molar-refractivity contribution >= 4 is 5.82 Å². The van der Waals surface area contributed by atoms with E-state index in [0.29, 0.717) is 30.0 Å². The molecule has 2 aromatic carbocycles. The number of ether oxygens (including phenoxy) is 2. The molecule has 5 nitrogen and oxygen atoms in total. The Hall–Kier alpha value is -3.50. The van der Waals surface area contributed by atoms with Crippen molar-refractivity contribution in [3.8, 4) is 22.8 Å². The van der Waals surface area contributed by atoms with Gasteiger partial charge < -0.3 is 14.4 Å². The van der Waals surface area contributed by atoms with Crippen LogP contribution in [0.5, 0.6) is 11.6 Å². The fourth-order valence-electron chi connectivity index (χ4n) is 3.47. The molecule has 4 rings (SSSR count). The zero-order valence-electron chi connectivity index (χ0n) is 16.2. The maximum Gasteiger partial charge on any atom is 0.422 e. The van der Waals surface area contributed by atoms with Crippen molar-refractivity contribution in [1.82, 2.24) is 10.2 Å². The van der Waals surface area contributed by atoms with Gasteiger partial charge >= 0.3 is 12.8 Å². The van der Waals surface area contributed by atoms with Gasteiger partial charge in [-0.05, 0) is 34.9 Å². The molecule has 0 radical (unpaired) electrons. The molecule has 0 bridgehead atoms. The van der Waals surface area contributed by atoms with E-state index in [1.54, 1.807) is 12.1 Å². The first-order valence-electron chi connectivity index (χ1n) is 9.33. The van der Waals surface area contributed by atoms with Gasteiger partial charge in [-0.15, -0.1) is 10.2 Å². The Balaban J connectivity index is 1.62. The fourth-order valence-corrected chi connectivity index (χ4v) is 3.47. The summed E-state index contributed by atoms with van der Waals surface area (Å²) in [5.74, 6) is -0.857. The van der Waals surface area contributed by atoms with Crippen molar-refractivity contribution in [3.63, 3.8) is 0 Å². The number of rotatable bonds is 6. The van der Waals surface area contributed by atoms with Gasteiger partial charge in [-0.1, -0.05) is 18.2 Å². The highest BCUT2D eigenvalue weighted by molar-refractivity contribution is 5.76.